The van der Waals surface area contributed by atoms with Gasteiger partial charge in [0.05, 0.1) is 25.4 Å². The summed E-state index contributed by atoms with van der Waals surface area (Å²) >= 11 is 0. The van der Waals surface area contributed by atoms with Crippen LogP contribution in [0.2, 0.25) is 0 Å². The molecule has 0 saturated carbocycles. The first kappa shape index (κ1) is 19.6. The van der Waals surface area contributed by atoms with Gasteiger partial charge in [-0.25, -0.2) is 4.39 Å². The van der Waals surface area contributed by atoms with Crippen molar-refractivity contribution < 1.29 is 37.3 Å². The number of alkyl halides is 3. The Morgan fingerprint density at radius 2 is 2.08 bits per heavy atom. The molecule has 0 amide bonds. The van der Waals surface area contributed by atoms with Crippen molar-refractivity contribution in [2.45, 2.75) is 12.7 Å². The Morgan fingerprint density at radius 1 is 1.40 bits per heavy atom. The van der Waals surface area contributed by atoms with Crippen LogP contribution in [0.15, 0.2) is 18.2 Å². The van der Waals surface area contributed by atoms with Gasteiger partial charge in [0.25, 0.3) is 6.47 Å². The Kier molecular flexibility index (Phi) is 6.02. The predicted molar refractivity (Wildman–Crippen MR) is 79.2 cm³/mol. The number of carbonyl (C=O) groups is 1. The van der Waals surface area contributed by atoms with Crippen LogP contribution in [0, 0.1) is 17.2 Å². The van der Waals surface area contributed by atoms with Gasteiger partial charge in [0.15, 0.2) is 0 Å². The van der Waals surface area contributed by atoms with Crippen LogP contribution in [0.1, 0.15) is 11.1 Å². The normalized spacial score (nSPS) is 26.0. The number of rotatable bonds is 3. The highest BCUT2D eigenvalue weighted by Crippen LogP contribution is 2.42. The minimum Gasteiger partial charge on any atom is -0.483 e. The van der Waals surface area contributed by atoms with Crippen LogP contribution in [0.25, 0.3) is 0 Å². The number of hydrogen-bond donors (Lipinski definition) is 2. The number of benzene rings is 1. The second kappa shape index (κ2) is 7.67. The van der Waals surface area contributed by atoms with Crippen LogP contribution in [0.4, 0.5) is 17.6 Å². The van der Waals surface area contributed by atoms with Crippen molar-refractivity contribution in [2.24, 2.45) is 11.3 Å². The number of nitrogens with zero attached hydrogens (tertiary/aromatic N) is 1. The molecule has 2 fully saturated rings. The van der Waals surface area contributed by atoms with Crippen molar-refractivity contribution in [1.29, 1.82) is 0 Å². The number of hydrogen-bond acceptors (Lipinski definition) is 4. The molecule has 0 bridgehead atoms. The minimum atomic E-state index is -4.50. The number of aliphatic hydroxyl groups excluding tert-OH is 1. The molecule has 2 heterocycles. The summed E-state index contributed by atoms with van der Waals surface area (Å²) in [4.78, 5) is 10.2. The number of aliphatic hydroxyl groups is 1. The fourth-order valence-electron chi connectivity index (χ4n) is 3.50. The monoisotopic (exact) mass is 365 g/mol. The quantitative estimate of drug-likeness (QED) is 0.633. The molecule has 9 heteroatoms. The number of fused-ring (bicyclic) bond motifs is 1. The summed E-state index contributed by atoms with van der Waals surface area (Å²) in [6.45, 7) is 1.65. The molecule has 140 valence electrons. The first-order valence-electron chi connectivity index (χ1n) is 7.60. The van der Waals surface area contributed by atoms with Gasteiger partial charge >= 0.3 is 6.18 Å². The summed E-state index contributed by atoms with van der Waals surface area (Å²) in [6.07, 6.45) is -4.50. The molecule has 0 unspecified atom stereocenters. The van der Waals surface area contributed by atoms with Gasteiger partial charge in [-0.3, -0.25) is 9.69 Å². The Bertz CT molecular complexity index is 610. The van der Waals surface area contributed by atoms with E-state index in [1.807, 2.05) is 4.90 Å². The van der Waals surface area contributed by atoms with E-state index in [0.29, 0.717) is 26.3 Å². The standard InChI is InChI=1S/C15H17F4NO2.CH2O2/c16-12-1-2-13(15(17,18)19)10(3-12)4-20-5-11-6-22-9-14(11,7-20)8-21;2-1-3/h1-3,11,21H,4-9H2;1H,(H,2,3)/t11-,14-;/m0./s1. The highest BCUT2D eigenvalue weighted by Gasteiger charge is 2.50. The molecule has 2 atom stereocenters. The summed E-state index contributed by atoms with van der Waals surface area (Å²) in [6, 6.07) is 2.56. The first-order valence-corrected chi connectivity index (χ1v) is 7.60. The van der Waals surface area contributed by atoms with Crippen LogP contribution >= 0.6 is 0 Å². The fraction of sp³-hybridized carbons (Fsp3) is 0.562. The number of halogens is 4. The third-order valence-corrected chi connectivity index (χ3v) is 4.67. The lowest BCUT2D eigenvalue weighted by atomic mass is 9.82. The average Bonchev–Trinajstić information content (AvgIpc) is 3.03. The second-order valence-corrected chi connectivity index (χ2v) is 6.31. The van der Waals surface area contributed by atoms with E-state index >= 15 is 0 Å². The van der Waals surface area contributed by atoms with Gasteiger partial charge in [0.1, 0.15) is 5.82 Å². The molecule has 2 N–H and O–H groups in total. The van der Waals surface area contributed by atoms with Crippen molar-refractivity contribution in [3.8, 4) is 0 Å². The molecule has 5 nitrogen and oxygen atoms in total. The molecule has 2 aliphatic heterocycles. The summed E-state index contributed by atoms with van der Waals surface area (Å²) in [7, 11) is 0. The molecular formula is C16H19F4NO4. The highest BCUT2D eigenvalue weighted by atomic mass is 19.4. The molecule has 0 aliphatic carbocycles. The van der Waals surface area contributed by atoms with Gasteiger partial charge in [-0.2, -0.15) is 13.2 Å². The summed E-state index contributed by atoms with van der Waals surface area (Å²) in [5, 5.41) is 16.5. The van der Waals surface area contributed by atoms with Gasteiger partial charge in [-0.1, -0.05) is 0 Å². The lowest BCUT2D eigenvalue weighted by Crippen LogP contribution is -2.34. The van der Waals surface area contributed by atoms with E-state index in [4.69, 9.17) is 14.6 Å². The van der Waals surface area contributed by atoms with Gasteiger partial charge in [-0.15, -0.1) is 0 Å². The first-order chi connectivity index (χ1) is 11.8. The van der Waals surface area contributed by atoms with Crippen molar-refractivity contribution >= 4 is 6.47 Å². The third-order valence-electron chi connectivity index (χ3n) is 4.67. The van der Waals surface area contributed by atoms with Crippen LogP contribution in [-0.4, -0.2) is 54.5 Å². The summed E-state index contributed by atoms with van der Waals surface area (Å²) in [5.41, 5.74) is -1.27. The van der Waals surface area contributed by atoms with Crippen molar-refractivity contribution in [1.82, 2.24) is 4.90 Å². The molecule has 3 rings (SSSR count). The van der Waals surface area contributed by atoms with Crippen molar-refractivity contribution in [3.05, 3.63) is 35.1 Å². The smallest absolute Gasteiger partial charge is 0.416 e. The molecule has 2 aliphatic rings. The predicted octanol–water partition coefficient (Wildman–Crippen LogP) is 1.99. The third kappa shape index (κ3) is 4.28. The highest BCUT2D eigenvalue weighted by molar-refractivity contribution is 5.32. The summed E-state index contributed by atoms with van der Waals surface area (Å²) in [5.74, 6) is -0.567. The van der Waals surface area contributed by atoms with E-state index in [9.17, 15) is 22.7 Å². The van der Waals surface area contributed by atoms with E-state index in [2.05, 4.69) is 0 Å². The van der Waals surface area contributed by atoms with Crippen LogP contribution < -0.4 is 0 Å². The maximum absolute atomic E-state index is 13.3. The topological polar surface area (TPSA) is 70.0 Å². The maximum atomic E-state index is 13.3. The molecule has 25 heavy (non-hydrogen) atoms. The number of ether oxygens (including phenoxy) is 1. The second-order valence-electron chi connectivity index (χ2n) is 6.31. The molecule has 0 spiro atoms. The minimum absolute atomic E-state index is 0.0187. The molecule has 0 aromatic heterocycles. The fourth-order valence-corrected chi connectivity index (χ4v) is 3.50. The van der Waals surface area contributed by atoms with E-state index in [1.54, 1.807) is 0 Å². The molecule has 2 saturated heterocycles. The lowest BCUT2D eigenvalue weighted by Gasteiger charge is -2.25. The van der Waals surface area contributed by atoms with Gasteiger partial charge in [-0.05, 0) is 23.8 Å². The van der Waals surface area contributed by atoms with Crippen molar-refractivity contribution in [3.63, 3.8) is 0 Å². The lowest BCUT2D eigenvalue weighted by molar-refractivity contribution is -0.138. The van der Waals surface area contributed by atoms with Crippen LogP contribution in [0.5, 0.6) is 0 Å². The van der Waals surface area contributed by atoms with Gasteiger partial charge in [0.2, 0.25) is 0 Å². The zero-order chi connectivity index (χ0) is 18.7. The van der Waals surface area contributed by atoms with Gasteiger partial charge in [0, 0.05) is 31.0 Å². The molecule has 1 aromatic carbocycles. The molecule has 0 radical (unpaired) electrons. The molecular weight excluding hydrogens is 346 g/mol. The maximum Gasteiger partial charge on any atom is 0.416 e. The average molecular weight is 365 g/mol. The van der Waals surface area contributed by atoms with E-state index in [0.717, 1.165) is 18.2 Å². The molecule has 1 aromatic rings. The van der Waals surface area contributed by atoms with E-state index < -0.39 is 23.0 Å². The summed E-state index contributed by atoms with van der Waals surface area (Å²) < 4.78 is 57.8. The Balaban J connectivity index is 0.000000701. The Labute approximate surface area is 141 Å². The largest absolute Gasteiger partial charge is 0.483 e. The Morgan fingerprint density at radius 3 is 2.64 bits per heavy atom. The van der Waals surface area contributed by atoms with E-state index in [-0.39, 0.29) is 31.1 Å². The number of carboxylic acid groups (broad SMARTS) is 1. The Hall–Kier alpha value is -1.71. The number of likely N-dealkylation sites (tertiary alicyclic amines) is 1. The zero-order valence-electron chi connectivity index (χ0n) is 13.3. The van der Waals surface area contributed by atoms with Crippen LogP contribution in [-0.2, 0) is 22.3 Å². The van der Waals surface area contributed by atoms with Gasteiger partial charge < -0.3 is 14.9 Å². The van der Waals surface area contributed by atoms with Crippen molar-refractivity contribution in [2.75, 3.05) is 32.9 Å². The SMILES string of the molecule is O=CO.OC[C@@]12COC[C@@H]1CN(Cc1cc(F)ccc1C(F)(F)F)C2. The zero-order valence-corrected chi connectivity index (χ0v) is 13.3. The van der Waals surface area contributed by atoms with Crippen LogP contribution in [0.3, 0.4) is 0 Å². The van der Waals surface area contributed by atoms with E-state index in [1.165, 1.54) is 0 Å².